The number of nitrogens with one attached hydrogen (secondary N) is 2. The molecule has 6 nitrogen and oxygen atoms in total. The molecular weight excluding hydrogens is 378 g/mol. The minimum absolute atomic E-state index is 0.234. The molecule has 3 aromatic rings. The van der Waals surface area contributed by atoms with Gasteiger partial charge in [-0.1, -0.05) is 48.5 Å². The van der Waals surface area contributed by atoms with Gasteiger partial charge < -0.3 is 14.1 Å². The standard InChI is InChI=1S/C24H25N3O3/c28-24(23-12-11-22(30-23)18-29-21-9-5-2-6-10-21)26-25-20-13-15-27(16-14-20)17-19-7-3-1-4-8-19/h1-12H,13-18H2,(H,26,28)/p+1. The highest BCUT2D eigenvalue weighted by Gasteiger charge is 2.19. The van der Waals surface area contributed by atoms with Gasteiger partial charge in [0, 0.05) is 24.1 Å². The highest BCUT2D eigenvalue weighted by atomic mass is 16.5. The number of nitrogens with zero attached hydrogens (tertiary/aromatic N) is 1. The fourth-order valence-corrected chi connectivity index (χ4v) is 3.50. The summed E-state index contributed by atoms with van der Waals surface area (Å²) in [5.74, 6) is 1.24. The van der Waals surface area contributed by atoms with Crippen LogP contribution in [0.1, 0.15) is 34.7 Å². The van der Waals surface area contributed by atoms with E-state index in [-0.39, 0.29) is 18.3 Å². The van der Waals surface area contributed by atoms with Crippen LogP contribution < -0.4 is 15.1 Å². The van der Waals surface area contributed by atoms with Crippen LogP contribution in [0.4, 0.5) is 0 Å². The minimum atomic E-state index is -0.340. The molecule has 0 bridgehead atoms. The number of furan rings is 1. The average Bonchev–Trinajstić information content (AvgIpc) is 3.28. The number of hydrazone groups is 1. The Bertz CT molecular complexity index is 973. The lowest BCUT2D eigenvalue weighted by molar-refractivity contribution is -0.914. The molecule has 1 aliphatic rings. The molecule has 4 rings (SSSR count). The van der Waals surface area contributed by atoms with E-state index in [0.29, 0.717) is 5.76 Å². The van der Waals surface area contributed by atoms with E-state index in [4.69, 9.17) is 9.15 Å². The smallest absolute Gasteiger partial charge is 0.307 e. The summed E-state index contributed by atoms with van der Waals surface area (Å²) in [4.78, 5) is 13.9. The van der Waals surface area contributed by atoms with Gasteiger partial charge in [0.05, 0.1) is 13.1 Å². The van der Waals surface area contributed by atoms with E-state index in [1.165, 1.54) is 5.56 Å². The largest absolute Gasteiger partial charge is 0.486 e. The van der Waals surface area contributed by atoms with Gasteiger partial charge in [0.15, 0.2) is 5.76 Å². The molecule has 1 aliphatic heterocycles. The van der Waals surface area contributed by atoms with E-state index >= 15 is 0 Å². The molecule has 0 aliphatic carbocycles. The number of hydrogen-bond acceptors (Lipinski definition) is 4. The number of rotatable bonds is 7. The fraction of sp³-hybridized carbons (Fsp3) is 0.250. The topological polar surface area (TPSA) is 68.3 Å². The molecule has 0 unspecified atom stereocenters. The molecule has 2 aromatic carbocycles. The van der Waals surface area contributed by atoms with Crippen LogP contribution in [0.2, 0.25) is 0 Å². The lowest BCUT2D eigenvalue weighted by atomic mass is 10.1. The Morgan fingerprint density at radius 3 is 2.40 bits per heavy atom. The molecular formula is C24H26N3O3+. The number of ether oxygens (including phenoxy) is 1. The zero-order chi connectivity index (χ0) is 20.6. The summed E-state index contributed by atoms with van der Waals surface area (Å²) in [5.41, 5.74) is 5.01. The van der Waals surface area contributed by atoms with Crippen molar-refractivity contribution in [3.63, 3.8) is 0 Å². The minimum Gasteiger partial charge on any atom is -0.486 e. The van der Waals surface area contributed by atoms with Gasteiger partial charge in [0.2, 0.25) is 0 Å². The van der Waals surface area contributed by atoms with Gasteiger partial charge in [0.25, 0.3) is 0 Å². The van der Waals surface area contributed by atoms with E-state index in [1.54, 1.807) is 17.0 Å². The van der Waals surface area contributed by atoms with Crippen molar-refractivity contribution in [1.82, 2.24) is 5.43 Å². The molecule has 1 fully saturated rings. The molecule has 1 saturated heterocycles. The van der Waals surface area contributed by atoms with Crippen molar-refractivity contribution >= 4 is 11.6 Å². The Labute approximate surface area is 176 Å². The van der Waals surface area contributed by atoms with Gasteiger partial charge in [-0.3, -0.25) is 4.79 Å². The zero-order valence-electron chi connectivity index (χ0n) is 16.8. The molecule has 0 saturated carbocycles. The van der Waals surface area contributed by atoms with Crippen molar-refractivity contribution in [3.8, 4) is 5.75 Å². The first kappa shape index (κ1) is 19.9. The lowest BCUT2D eigenvalue weighted by Crippen LogP contribution is -3.11. The summed E-state index contributed by atoms with van der Waals surface area (Å²) < 4.78 is 11.2. The van der Waals surface area contributed by atoms with Gasteiger partial charge in [-0.2, -0.15) is 5.10 Å². The van der Waals surface area contributed by atoms with Crippen molar-refractivity contribution in [1.29, 1.82) is 0 Å². The third-order valence-corrected chi connectivity index (χ3v) is 5.16. The Morgan fingerprint density at radius 2 is 1.67 bits per heavy atom. The monoisotopic (exact) mass is 404 g/mol. The summed E-state index contributed by atoms with van der Waals surface area (Å²) in [5, 5.41) is 4.32. The average molecular weight is 404 g/mol. The highest BCUT2D eigenvalue weighted by molar-refractivity contribution is 5.93. The third-order valence-electron chi connectivity index (χ3n) is 5.16. The first-order valence-corrected chi connectivity index (χ1v) is 10.3. The summed E-state index contributed by atoms with van der Waals surface area (Å²) in [6.07, 6.45) is 1.77. The highest BCUT2D eigenvalue weighted by Crippen LogP contribution is 2.14. The quantitative estimate of drug-likeness (QED) is 0.595. The van der Waals surface area contributed by atoms with Gasteiger partial charge in [-0.15, -0.1) is 0 Å². The number of para-hydroxylation sites is 1. The maximum atomic E-state index is 12.3. The lowest BCUT2D eigenvalue weighted by Gasteiger charge is -2.24. The number of carbonyl (C=O) groups is 1. The van der Waals surface area contributed by atoms with Crippen LogP contribution >= 0.6 is 0 Å². The van der Waals surface area contributed by atoms with E-state index in [9.17, 15) is 4.79 Å². The number of likely N-dealkylation sites (tertiary alicyclic amines) is 1. The Morgan fingerprint density at radius 1 is 0.967 bits per heavy atom. The molecule has 2 heterocycles. The molecule has 30 heavy (non-hydrogen) atoms. The first-order chi connectivity index (χ1) is 14.8. The van der Waals surface area contributed by atoms with Gasteiger partial charge in [-0.05, 0) is 24.3 Å². The van der Waals surface area contributed by atoms with Crippen LogP contribution in [0.15, 0.2) is 82.3 Å². The zero-order valence-corrected chi connectivity index (χ0v) is 16.8. The molecule has 0 radical (unpaired) electrons. The Hall–Kier alpha value is -3.38. The van der Waals surface area contributed by atoms with E-state index in [0.717, 1.165) is 43.9 Å². The molecule has 0 atom stereocenters. The van der Waals surface area contributed by atoms with Crippen molar-refractivity contribution < 1.29 is 18.8 Å². The Kier molecular flexibility index (Phi) is 6.57. The maximum absolute atomic E-state index is 12.3. The number of carbonyl (C=O) groups excluding carboxylic acids is 1. The third kappa shape index (κ3) is 5.58. The second-order valence-corrected chi connectivity index (χ2v) is 7.40. The fourth-order valence-electron chi connectivity index (χ4n) is 3.50. The molecule has 6 heteroatoms. The summed E-state index contributed by atoms with van der Waals surface area (Å²) >= 11 is 0. The number of piperidine rings is 1. The second-order valence-electron chi connectivity index (χ2n) is 7.40. The number of amides is 1. The molecule has 1 aromatic heterocycles. The van der Waals surface area contributed by atoms with E-state index in [2.05, 4.69) is 34.8 Å². The van der Waals surface area contributed by atoms with E-state index < -0.39 is 0 Å². The summed E-state index contributed by atoms with van der Waals surface area (Å²) in [6, 6.07) is 23.4. The predicted octanol–water partition coefficient (Wildman–Crippen LogP) is 2.82. The SMILES string of the molecule is O=C(NN=C1CC[NH+](Cc2ccccc2)CC1)c1ccc(COc2ccccc2)o1. The molecule has 1 amide bonds. The van der Waals surface area contributed by atoms with Crippen LogP contribution in [-0.4, -0.2) is 24.7 Å². The van der Waals surface area contributed by atoms with Crippen LogP contribution in [0.25, 0.3) is 0 Å². The Balaban J connectivity index is 1.23. The number of quaternary nitrogens is 1. The van der Waals surface area contributed by atoms with Gasteiger partial charge >= 0.3 is 5.91 Å². The summed E-state index contributed by atoms with van der Waals surface area (Å²) in [6.45, 7) is 3.34. The van der Waals surface area contributed by atoms with Crippen molar-refractivity contribution in [2.45, 2.75) is 26.0 Å². The van der Waals surface area contributed by atoms with Crippen LogP contribution in [-0.2, 0) is 13.2 Å². The van der Waals surface area contributed by atoms with Crippen molar-refractivity contribution in [2.24, 2.45) is 5.10 Å². The van der Waals surface area contributed by atoms with Crippen molar-refractivity contribution in [2.75, 3.05) is 13.1 Å². The molecule has 0 spiro atoms. The van der Waals surface area contributed by atoms with Crippen LogP contribution in [0.5, 0.6) is 5.75 Å². The maximum Gasteiger partial charge on any atom is 0.307 e. The number of hydrogen-bond donors (Lipinski definition) is 2. The van der Waals surface area contributed by atoms with E-state index in [1.807, 2.05) is 36.4 Å². The summed E-state index contributed by atoms with van der Waals surface area (Å²) in [7, 11) is 0. The first-order valence-electron chi connectivity index (χ1n) is 10.3. The normalized spacial score (nSPS) is 16.1. The molecule has 154 valence electrons. The van der Waals surface area contributed by atoms with Crippen LogP contribution in [0, 0.1) is 0 Å². The van der Waals surface area contributed by atoms with Gasteiger partial charge in [-0.25, -0.2) is 5.43 Å². The second kappa shape index (κ2) is 9.89. The number of benzene rings is 2. The molecule has 2 N–H and O–H groups in total. The van der Waals surface area contributed by atoms with Gasteiger partial charge in [0.1, 0.15) is 24.7 Å². The van der Waals surface area contributed by atoms with Crippen LogP contribution in [0.3, 0.4) is 0 Å². The predicted molar refractivity (Wildman–Crippen MR) is 114 cm³/mol. The van der Waals surface area contributed by atoms with Crippen molar-refractivity contribution in [3.05, 3.63) is 89.9 Å².